The second-order valence-electron chi connectivity index (χ2n) is 4.82. The fourth-order valence-corrected chi connectivity index (χ4v) is 2.89. The van der Waals surface area contributed by atoms with Gasteiger partial charge in [0.25, 0.3) is 5.91 Å². The van der Waals surface area contributed by atoms with E-state index >= 15 is 0 Å². The van der Waals surface area contributed by atoms with Crippen molar-refractivity contribution >= 4 is 27.8 Å². The Hall–Kier alpha value is -1.56. The van der Waals surface area contributed by atoms with Gasteiger partial charge in [0.1, 0.15) is 5.75 Å². The average molecular weight is 342 g/mol. The molecule has 0 saturated carbocycles. The molecule has 1 N–H and O–H groups in total. The van der Waals surface area contributed by atoms with Crippen molar-refractivity contribution in [3.8, 4) is 5.75 Å². The zero-order valence-electron chi connectivity index (χ0n) is 11.3. The summed E-state index contributed by atoms with van der Waals surface area (Å²) in [5.41, 5.74) is 0.452. The maximum atomic E-state index is 12.6. The summed E-state index contributed by atoms with van der Waals surface area (Å²) in [5, 5.41) is 9.12. The van der Waals surface area contributed by atoms with Crippen LogP contribution in [0.1, 0.15) is 23.7 Å². The smallest absolute Gasteiger partial charge is 0.308 e. The van der Waals surface area contributed by atoms with Gasteiger partial charge in [-0.3, -0.25) is 9.59 Å². The van der Waals surface area contributed by atoms with Crippen LogP contribution in [0.25, 0.3) is 0 Å². The molecule has 2 unspecified atom stereocenters. The van der Waals surface area contributed by atoms with Gasteiger partial charge in [-0.25, -0.2) is 0 Å². The van der Waals surface area contributed by atoms with Crippen LogP contribution >= 0.6 is 15.9 Å². The second kappa shape index (κ2) is 5.83. The van der Waals surface area contributed by atoms with E-state index < -0.39 is 11.9 Å². The van der Waals surface area contributed by atoms with E-state index in [4.69, 9.17) is 9.84 Å². The first-order valence-electron chi connectivity index (χ1n) is 6.33. The van der Waals surface area contributed by atoms with Gasteiger partial charge in [0.2, 0.25) is 0 Å². The summed E-state index contributed by atoms with van der Waals surface area (Å²) >= 11 is 3.33. The minimum atomic E-state index is -0.851. The Kier molecular flexibility index (Phi) is 4.32. The highest BCUT2D eigenvalue weighted by Gasteiger charge is 2.38. The molecule has 1 aliphatic rings. The van der Waals surface area contributed by atoms with Gasteiger partial charge < -0.3 is 14.7 Å². The molecule has 0 radical (unpaired) electrons. The van der Waals surface area contributed by atoms with Crippen molar-refractivity contribution in [2.75, 3.05) is 13.7 Å². The predicted molar refractivity (Wildman–Crippen MR) is 76.9 cm³/mol. The highest BCUT2D eigenvalue weighted by Crippen LogP contribution is 2.30. The SMILES string of the molecule is COc1cc(Br)ccc1C(=O)N1CCC(C(=O)O)C1C. The van der Waals surface area contributed by atoms with Crippen molar-refractivity contribution in [1.82, 2.24) is 4.90 Å². The molecule has 1 heterocycles. The Labute approximate surface area is 125 Å². The highest BCUT2D eigenvalue weighted by atomic mass is 79.9. The first-order valence-corrected chi connectivity index (χ1v) is 7.12. The van der Waals surface area contributed by atoms with Gasteiger partial charge in [-0.2, -0.15) is 0 Å². The molecule has 5 nitrogen and oxygen atoms in total. The molecular weight excluding hydrogens is 326 g/mol. The van der Waals surface area contributed by atoms with Gasteiger partial charge in [-0.1, -0.05) is 15.9 Å². The van der Waals surface area contributed by atoms with E-state index in [9.17, 15) is 9.59 Å². The lowest BCUT2D eigenvalue weighted by molar-refractivity contribution is -0.142. The van der Waals surface area contributed by atoms with E-state index in [1.807, 2.05) is 0 Å². The number of carbonyl (C=O) groups is 2. The number of benzene rings is 1. The average Bonchev–Trinajstić information content (AvgIpc) is 2.79. The van der Waals surface area contributed by atoms with Gasteiger partial charge in [-0.15, -0.1) is 0 Å². The number of hydrogen-bond donors (Lipinski definition) is 1. The van der Waals surface area contributed by atoms with E-state index in [0.29, 0.717) is 24.3 Å². The summed E-state index contributed by atoms with van der Waals surface area (Å²) in [6.45, 7) is 2.23. The summed E-state index contributed by atoms with van der Waals surface area (Å²) in [6, 6.07) is 4.87. The van der Waals surface area contributed by atoms with Crippen molar-refractivity contribution < 1.29 is 19.4 Å². The minimum absolute atomic E-state index is 0.189. The van der Waals surface area contributed by atoms with E-state index in [2.05, 4.69) is 15.9 Å². The van der Waals surface area contributed by atoms with Gasteiger partial charge in [-0.05, 0) is 31.5 Å². The van der Waals surface area contributed by atoms with Crippen LogP contribution in [-0.2, 0) is 4.79 Å². The Morgan fingerprint density at radius 2 is 2.15 bits per heavy atom. The molecule has 2 rings (SSSR count). The molecule has 0 spiro atoms. The molecule has 6 heteroatoms. The minimum Gasteiger partial charge on any atom is -0.496 e. The number of nitrogens with zero attached hydrogens (tertiary/aromatic N) is 1. The van der Waals surface area contributed by atoms with Crippen molar-refractivity contribution in [2.45, 2.75) is 19.4 Å². The summed E-state index contributed by atoms with van der Waals surface area (Å²) in [5.74, 6) is -1.06. The van der Waals surface area contributed by atoms with Crippen molar-refractivity contribution in [1.29, 1.82) is 0 Å². The van der Waals surface area contributed by atoms with Gasteiger partial charge in [0.15, 0.2) is 0 Å². The second-order valence-corrected chi connectivity index (χ2v) is 5.73. The van der Waals surface area contributed by atoms with E-state index in [0.717, 1.165) is 4.47 Å². The van der Waals surface area contributed by atoms with Crippen LogP contribution in [0.15, 0.2) is 22.7 Å². The maximum absolute atomic E-state index is 12.6. The van der Waals surface area contributed by atoms with Crippen LogP contribution in [0.4, 0.5) is 0 Å². The van der Waals surface area contributed by atoms with Crippen molar-refractivity contribution in [2.24, 2.45) is 5.92 Å². The largest absolute Gasteiger partial charge is 0.496 e. The lowest BCUT2D eigenvalue weighted by Gasteiger charge is -2.24. The number of likely N-dealkylation sites (tertiary alicyclic amines) is 1. The molecule has 1 fully saturated rings. The van der Waals surface area contributed by atoms with Crippen molar-refractivity contribution in [3.05, 3.63) is 28.2 Å². The molecule has 2 atom stereocenters. The molecule has 1 aliphatic heterocycles. The molecule has 108 valence electrons. The molecule has 1 saturated heterocycles. The topological polar surface area (TPSA) is 66.8 Å². The van der Waals surface area contributed by atoms with Crippen LogP contribution in [0.5, 0.6) is 5.75 Å². The monoisotopic (exact) mass is 341 g/mol. The van der Waals surface area contributed by atoms with Gasteiger partial charge in [0.05, 0.1) is 18.6 Å². The summed E-state index contributed by atoms with van der Waals surface area (Å²) in [4.78, 5) is 25.3. The number of carboxylic acid groups (broad SMARTS) is 1. The summed E-state index contributed by atoms with van der Waals surface area (Å²) in [6.07, 6.45) is 0.487. The number of aliphatic carboxylic acids is 1. The molecule has 1 amide bonds. The van der Waals surface area contributed by atoms with Crippen LogP contribution in [0.2, 0.25) is 0 Å². The number of hydrogen-bond acceptors (Lipinski definition) is 3. The molecule has 0 aliphatic carbocycles. The lowest BCUT2D eigenvalue weighted by atomic mass is 10.0. The molecule has 20 heavy (non-hydrogen) atoms. The van der Waals surface area contributed by atoms with Crippen LogP contribution < -0.4 is 4.74 Å². The molecule has 0 aromatic heterocycles. The lowest BCUT2D eigenvalue weighted by Crippen LogP contribution is -2.37. The zero-order valence-corrected chi connectivity index (χ0v) is 12.9. The van der Waals surface area contributed by atoms with E-state index in [1.165, 1.54) is 7.11 Å². The zero-order chi connectivity index (χ0) is 14.9. The quantitative estimate of drug-likeness (QED) is 0.916. The molecule has 1 aromatic carbocycles. The standard InChI is InChI=1S/C14H16BrNO4/c1-8-10(14(18)19)5-6-16(8)13(17)11-4-3-9(15)7-12(11)20-2/h3-4,7-8,10H,5-6H2,1-2H3,(H,18,19). The fourth-order valence-electron chi connectivity index (χ4n) is 2.55. The van der Waals surface area contributed by atoms with E-state index in [-0.39, 0.29) is 11.9 Å². The Morgan fingerprint density at radius 3 is 2.70 bits per heavy atom. The molecule has 0 bridgehead atoms. The molecular formula is C14H16BrNO4. The maximum Gasteiger partial charge on any atom is 0.308 e. The van der Waals surface area contributed by atoms with Crippen LogP contribution in [0.3, 0.4) is 0 Å². The van der Waals surface area contributed by atoms with Crippen LogP contribution in [0, 0.1) is 5.92 Å². The number of halogens is 1. The third-order valence-electron chi connectivity index (χ3n) is 3.73. The number of carboxylic acids is 1. The number of ether oxygens (including phenoxy) is 1. The van der Waals surface area contributed by atoms with Gasteiger partial charge >= 0.3 is 5.97 Å². The summed E-state index contributed by atoms with van der Waals surface area (Å²) in [7, 11) is 1.51. The fraction of sp³-hybridized carbons (Fsp3) is 0.429. The normalized spacial score (nSPS) is 21.9. The van der Waals surface area contributed by atoms with Crippen molar-refractivity contribution in [3.63, 3.8) is 0 Å². The molecule has 1 aromatic rings. The first-order chi connectivity index (χ1) is 9.45. The number of methoxy groups -OCH3 is 1. The van der Waals surface area contributed by atoms with Gasteiger partial charge in [0, 0.05) is 17.1 Å². The predicted octanol–water partition coefficient (Wildman–Crippen LogP) is 2.39. The Morgan fingerprint density at radius 1 is 1.45 bits per heavy atom. The van der Waals surface area contributed by atoms with E-state index in [1.54, 1.807) is 30.0 Å². The van der Waals surface area contributed by atoms with Crippen LogP contribution in [-0.4, -0.2) is 41.6 Å². The first kappa shape index (κ1) is 14.8. The number of amides is 1. The highest BCUT2D eigenvalue weighted by molar-refractivity contribution is 9.10. The third-order valence-corrected chi connectivity index (χ3v) is 4.22. The Balaban J connectivity index is 2.27. The summed E-state index contributed by atoms with van der Waals surface area (Å²) < 4.78 is 6.05. The third kappa shape index (κ3) is 2.65. The Bertz CT molecular complexity index is 546. The number of rotatable bonds is 3. The number of carbonyl (C=O) groups excluding carboxylic acids is 1.